The number of aryl methyl sites for hydroxylation is 1. The lowest BCUT2D eigenvalue weighted by Gasteiger charge is -2.37. The topological polar surface area (TPSA) is 79.4 Å². The maximum atomic E-state index is 12.9. The maximum absolute atomic E-state index is 12.9. The summed E-state index contributed by atoms with van der Waals surface area (Å²) in [6, 6.07) is 9.52. The van der Waals surface area contributed by atoms with Crippen molar-refractivity contribution in [3.8, 4) is 0 Å². The Morgan fingerprint density at radius 3 is 2.50 bits per heavy atom. The van der Waals surface area contributed by atoms with E-state index in [1.807, 2.05) is 31.2 Å². The minimum atomic E-state index is -3.19. The molecule has 2 fully saturated rings. The molecule has 2 atom stereocenters. The molecular formula is C19H23N3O3S. The Balaban J connectivity index is 1.55. The Hall–Kier alpha value is -1.99. The van der Waals surface area contributed by atoms with Crippen LogP contribution in [0.15, 0.2) is 30.3 Å². The fourth-order valence-electron chi connectivity index (χ4n) is 4.48. The van der Waals surface area contributed by atoms with Gasteiger partial charge in [0.05, 0.1) is 17.3 Å². The van der Waals surface area contributed by atoms with Gasteiger partial charge in [-0.2, -0.15) is 4.31 Å². The first-order chi connectivity index (χ1) is 12.3. The highest BCUT2D eigenvalue weighted by atomic mass is 32.2. The molecule has 1 N–H and O–H groups in total. The third-order valence-electron chi connectivity index (χ3n) is 5.49. The number of amides is 1. The molecule has 2 aliphatic rings. The normalized spacial score (nSPS) is 26.2. The van der Waals surface area contributed by atoms with Crippen molar-refractivity contribution >= 4 is 26.8 Å². The number of hydrogen-bond acceptors (Lipinski definition) is 4. The van der Waals surface area contributed by atoms with Gasteiger partial charge in [0.25, 0.3) is 5.91 Å². The zero-order valence-electron chi connectivity index (χ0n) is 15.0. The number of sulfonamides is 1. The molecule has 0 aliphatic carbocycles. The molecule has 0 radical (unpaired) electrons. The van der Waals surface area contributed by atoms with Crippen LogP contribution in [0.25, 0.3) is 10.9 Å². The van der Waals surface area contributed by atoms with Gasteiger partial charge in [0.2, 0.25) is 10.0 Å². The molecule has 138 valence electrons. The molecule has 4 rings (SSSR count). The monoisotopic (exact) mass is 373 g/mol. The van der Waals surface area contributed by atoms with Crippen molar-refractivity contribution in [1.29, 1.82) is 0 Å². The highest BCUT2D eigenvalue weighted by Crippen LogP contribution is 2.37. The molecule has 3 heterocycles. The third kappa shape index (κ3) is 3.10. The number of nitrogens with one attached hydrogen (secondary N) is 1. The molecule has 26 heavy (non-hydrogen) atoms. The number of para-hydroxylation sites is 1. The van der Waals surface area contributed by atoms with E-state index in [4.69, 9.17) is 0 Å². The van der Waals surface area contributed by atoms with Crippen molar-refractivity contribution in [2.24, 2.45) is 0 Å². The summed E-state index contributed by atoms with van der Waals surface area (Å²) in [5, 5.41) is 4.06. The van der Waals surface area contributed by atoms with Crippen molar-refractivity contribution in [3.05, 3.63) is 41.6 Å². The van der Waals surface area contributed by atoms with Crippen LogP contribution in [0.2, 0.25) is 0 Å². The van der Waals surface area contributed by atoms with E-state index in [0.717, 1.165) is 23.9 Å². The molecule has 2 bridgehead atoms. The first kappa shape index (κ1) is 17.4. The van der Waals surface area contributed by atoms with Gasteiger partial charge in [0, 0.05) is 29.2 Å². The Morgan fingerprint density at radius 1 is 1.15 bits per heavy atom. The molecule has 7 heteroatoms. The Bertz CT molecular complexity index is 959. The van der Waals surface area contributed by atoms with Gasteiger partial charge in [-0.1, -0.05) is 18.2 Å². The van der Waals surface area contributed by atoms with E-state index in [0.29, 0.717) is 23.9 Å². The summed E-state index contributed by atoms with van der Waals surface area (Å²) in [4.78, 5) is 17.4. The Morgan fingerprint density at radius 2 is 1.85 bits per heavy atom. The molecule has 1 aromatic heterocycles. The van der Waals surface area contributed by atoms with Gasteiger partial charge in [-0.15, -0.1) is 0 Å². The molecule has 2 aliphatic heterocycles. The summed E-state index contributed by atoms with van der Waals surface area (Å²) < 4.78 is 25.7. The van der Waals surface area contributed by atoms with Gasteiger partial charge >= 0.3 is 0 Å². The quantitative estimate of drug-likeness (QED) is 0.895. The molecular weight excluding hydrogens is 350 g/mol. The zero-order valence-corrected chi connectivity index (χ0v) is 15.8. The Kier molecular flexibility index (Phi) is 4.23. The number of rotatable bonds is 3. The number of piperidine rings is 1. The molecule has 2 aromatic rings. The molecule has 0 saturated carbocycles. The van der Waals surface area contributed by atoms with Crippen LogP contribution >= 0.6 is 0 Å². The Labute approximate surface area is 153 Å². The van der Waals surface area contributed by atoms with Crippen LogP contribution in [0.4, 0.5) is 0 Å². The highest BCUT2D eigenvalue weighted by Gasteiger charge is 2.45. The molecule has 0 spiro atoms. The van der Waals surface area contributed by atoms with Crippen LogP contribution in [-0.2, 0) is 10.0 Å². The van der Waals surface area contributed by atoms with E-state index < -0.39 is 10.0 Å². The fourth-order valence-corrected chi connectivity index (χ4v) is 5.95. The van der Waals surface area contributed by atoms with Gasteiger partial charge in [-0.05, 0) is 44.7 Å². The van der Waals surface area contributed by atoms with Crippen molar-refractivity contribution < 1.29 is 13.2 Å². The van der Waals surface area contributed by atoms with Gasteiger partial charge in [0.1, 0.15) is 0 Å². The minimum absolute atomic E-state index is 0.00179. The summed E-state index contributed by atoms with van der Waals surface area (Å²) in [7, 11) is -3.19. The summed E-state index contributed by atoms with van der Waals surface area (Å²) in [6.07, 6.45) is 4.37. The van der Waals surface area contributed by atoms with Crippen LogP contribution in [0, 0.1) is 6.92 Å². The van der Waals surface area contributed by atoms with E-state index in [2.05, 4.69) is 10.3 Å². The second kappa shape index (κ2) is 6.32. The van der Waals surface area contributed by atoms with E-state index in [1.54, 1.807) is 10.4 Å². The van der Waals surface area contributed by atoms with Crippen LogP contribution in [0.1, 0.15) is 41.7 Å². The molecule has 2 saturated heterocycles. The molecule has 1 amide bonds. The molecule has 1 aromatic carbocycles. The van der Waals surface area contributed by atoms with Crippen LogP contribution in [0.5, 0.6) is 0 Å². The summed E-state index contributed by atoms with van der Waals surface area (Å²) in [5.41, 5.74) is 2.16. The van der Waals surface area contributed by atoms with Crippen LogP contribution < -0.4 is 5.32 Å². The molecule has 2 unspecified atom stereocenters. The predicted molar refractivity (Wildman–Crippen MR) is 100 cm³/mol. The van der Waals surface area contributed by atoms with Crippen molar-refractivity contribution in [2.45, 2.75) is 50.7 Å². The van der Waals surface area contributed by atoms with E-state index in [-0.39, 0.29) is 24.0 Å². The number of benzene rings is 1. The number of fused-ring (bicyclic) bond motifs is 3. The van der Waals surface area contributed by atoms with Crippen LogP contribution in [0.3, 0.4) is 0 Å². The lowest BCUT2D eigenvalue weighted by Crippen LogP contribution is -2.52. The lowest BCUT2D eigenvalue weighted by molar-refractivity contribution is 0.0911. The zero-order chi connectivity index (χ0) is 18.5. The number of aromatic nitrogens is 1. The SMILES string of the molecule is Cc1ccc2cccc(C(=O)NC3CC4CCC(C3)N4S(C)(=O)=O)c2n1. The number of carbonyl (C=O) groups is 1. The van der Waals surface area contributed by atoms with Crippen LogP contribution in [-0.4, -0.2) is 48.0 Å². The second-order valence-corrected chi connectivity index (χ2v) is 9.34. The average Bonchev–Trinajstić information content (AvgIpc) is 2.86. The number of carbonyl (C=O) groups excluding carboxylic acids is 1. The van der Waals surface area contributed by atoms with Crippen molar-refractivity contribution in [1.82, 2.24) is 14.6 Å². The third-order valence-corrected chi connectivity index (χ3v) is 6.85. The van der Waals surface area contributed by atoms with Gasteiger partial charge in [-0.25, -0.2) is 8.42 Å². The summed E-state index contributed by atoms with van der Waals surface area (Å²) in [5.74, 6) is -0.133. The number of hydrogen-bond donors (Lipinski definition) is 1. The highest BCUT2D eigenvalue weighted by molar-refractivity contribution is 7.88. The van der Waals surface area contributed by atoms with E-state index in [9.17, 15) is 13.2 Å². The first-order valence-corrected chi connectivity index (χ1v) is 10.8. The largest absolute Gasteiger partial charge is 0.349 e. The van der Waals surface area contributed by atoms with Gasteiger partial charge < -0.3 is 5.32 Å². The standard InChI is InChI=1S/C19H23N3O3S/c1-12-6-7-13-4-3-5-17(18(13)20-12)19(23)21-14-10-15-8-9-16(11-14)22(15)26(2,24)25/h3-7,14-16H,8-11H2,1-2H3,(H,21,23). The van der Waals surface area contributed by atoms with Gasteiger partial charge in [-0.3, -0.25) is 9.78 Å². The second-order valence-electron chi connectivity index (χ2n) is 7.45. The smallest absolute Gasteiger partial charge is 0.253 e. The lowest BCUT2D eigenvalue weighted by atomic mass is 9.99. The first-order valence-electron chi connectivity index (χ1n) is 8.98. The number of pyridine rings is 1. The minimum Gasteiger partial charge on any atom is -0.349 e. The summed E-state index contributed by atoms with van der Waals surface area (Å²) >= 11 is 0. The average molecular weight is 373 g/mol. The fraction of sp³-hybridized carbons (Fsp3) is 0.474. The van der Waals surface area contributed by atoms with E-state index in [1.165, 1.54) is 6.26 Å². The van der Waals surface area contributed by atoms with E-state index >= 15 is 0 Å². The van der Waals surface area contributed by atoms with Crippen molar-refractivity contribution in [2.75, 3.05) is 6.26 Å². The number of nitrogens with zero attached hydrogens (tertiary/aromatic N) is 2. The predicted octanol–water partition coefficient (Wildman–Crippen LogP) is 2.23. The van der Waals surface area contributed by atoms with Gasteiger partial charge in [0.15, 0.2) is 0 Å². The van der Waals surface area contributed by atoms with Crippen molar-refractivity contribution in [3.63, 3.8) is 0 Å². The summed E-state index contributed by atoms with van der Waals surface area (Å²) in [6.45, 7) is 1.91. The maximum Gasteiger partial charge on any atom is 0.253 e. The molecule has 6 nitrogen and oxygen atoms in total.